The minimum atomic E-state index is 0.418. The molecule has 0 amide bonds. The van der Waals surface area contributed by atoms with Gasteiger partial charge in [0.15, 0.2) is 0 Å². The van der Waals surface area contributed by atoms with Gasteiger partial charge in [-0.05, 0) is 22.8 Å². The number of fused-ring (bicyclic) bond motifs is 2. The number of benzene rings is 3. The molecule has 4 rings (SSSR count). The van der Waals surface area contributed by atoms with Gasteiger partial charge in [-0.2, -0.15) is 0 Å². The minimum Gasteiger partial charge on any atom is -0.221 e. The van der Waals surface area contributed by atoms with Crippen LogP contribution in [0.4, 0.5) is 0 Å². The molecule has 0 radical (unpaired) electrons. The van der Waals surface area contributed by atoms with Crippen molar-refractivity contribution in [2.24, 2.45) is 0 Å². The highest BCUT2D eigenvalue weighted by Gasteiger charge is 2.11. The topological polar surface area (TPSA) is 25.8 Å². The predicted molar refractivity (Wildman–Crippen MR) is 90.4 cm³/mol. The summed E-state index contributed by atoms with van der Waals surface area (Å²) in [6.45, 7) is 0. The van der Waals surface area contributed by atoms with Gasteiger partial charge >= 0.3 is 0 Å². The Morgan fingerprint density at radius 3 is 2.32 bits per heavy atom. The third-order valence-corrected chi connectivity index (χ3v) is 3.78. The van der Waals surface area contributed by atoms with Crippen molar-refractivity contribution in [3.63, 3.8) is 0 Å². The third-order valence-electron chi connectivity index (χ3n) is 3.78. The predicted octanol–water partition coefficient (Wildman–Crippen LogP) is 4.43. The summed E-state index contributed by atoms with van der Waals surface area (Å²) >= 11 is 0. The number of hydrogen-bond acceptors (Lipinski definition) is 2. The number of terminal acetylenes is 1. The highest BCUT2D eigenvalue weighted by Crippen LogP contribution is 2.31. The van der Waals surface area contributed by atoms with Gasteiger partial charge in [0, 0.05) is 10.9 Å². The molecule has 22 heavy (non-hydrogen) atoms. The second-order valence-corrected chi connectivity index (χ2v) is 5.08. The van der Waals surface area contributed by atoms with Crippen LogP contribution in [0.15, 0.2) is 66.7 Å². The second-order valence-electron chi connectivity index (χ2n) is 5.08. The number of nitrogens with zero attached hydrogens (tertiary/aromatic N) is 2. The van der Waals surface area contributed by atoms with E-state index in [2.05, 4.69) is 40.2 Å². The zero-order valence-electron chi connectivity index (χ0n) is 11.8. The summed E-state index contributed by atoms with van der Waals surface area (Å²) < 4.78 is 0. The van der Waals surface area contributed by atoms with E-state index in [9.17, 15) is 0 Å². The Morgan fingerprint density at radius 2 is 1.45 bits per heavy atom. The quantitative estimate of drug-likeness (QED) is 0.482. The summed E-state index contributed by atoms with van der Waals surface area (Å²) in [6, 6.07) is 22.5. The van der Waals surface area contributed by atoms with Gasteiger partial charge in [-0.3, -0.25) is 0 Å². The highest BCUT2D eigenvalue weighted by molar-refractivity contribution is 6.03. The van der Waals surface area contributed by atoms with Crippen LogP contribution in [0.25, 0.3) is 32.9 Å². The van der Waals surface area contributed by atoms with Gasteiger partial charge in [-0.1, -0.05) is 60.7 Å². The Morgan fingerprint density at radius 1 is 0.727 bits per heavy atom. The molecule has 0 aliphatic rings. The molecule has 0 N–H and O–H groups in total. The Hall–Kier alpha value is -3.18. The molecule has 0 aliphatic heterocycles. The van der Waals surface area contributed by atoms with Crippen molar-refractivity contribution in [2.75, 3.05) is 0 Å². The molecular formula is C20H12N2. The Balaban J connectivity index is 2.15. The van der Waals surface area contributed by atoms with Crippen LogP contribution in [0.3, 0.4) is 0 Å². The maximum atomic E-state index is 5.53. The Labute approximate surface area is 128 Å². The first kappa shape index (κ1) is 12.6. The van der Waals surface area contributed by atoms with Crippen molar-refractivity contribution in [1.29, 1.82) is 0 Å². The van der Waals surface area contributed by atoms with Crippen LogP contribution in [0.2, 0.25) is 0 Å². The van der Waals surface area contributed by atoms with Crippen LogP contribution in [0.1, 0.15) is 5.82 Å². The summed E-state index contributed by atoms with van der Waals surface area (Å²) in [5, 5.41) is 3.36. The molecule has 0 bridgehead atoms. The van der Waals surface area contributed by atoms with Crippen molar-refractivity contribution >= 4 is 21.7 Å². The average Bonchev–Trinajstić information content (AvgIpc) is 2.60. The lowest BCUT2D eigenvalue weighted by molar-refractivity contribution is 1.18. The van der Waals surface area contributed by atoms with E-state index < -0.39 is 0 Å². The summed E-state index contributed by atoms with van der Waals surface area (Å²) in [4.78, 5) is 9.01. The molecule has 1 aromatic heterocycles. The molecule has 0 atom stereocenters. The monoisotopic (exact) mass is 280 g/mol. The van der Waals surface area contributed by atoms with Crippen LogP contribution in [-0.4, -0.2) is 9.97 Å². The van der Waals surface area contributed by atoms with Crippen LogP contribution < -0.4 is 0 Å². The van der Waals surface area contributed by atoms with Gasteiger partial charge in [-0.15, -0.1) is 6.42 Å². The van der Waals surface area contributed by atoms with Crippen molar-refractivity contribution in [1.82, 2.24) is 9.97 Å². The van der Waals surface area contributed by atoms with Gasteiger partial charge in [-0.25, -0.2) is 9.97 Å². The van der Waals surface area contributed by atoms with E-state index in [1.807, 2.05) is 42.5 Å². The number of para-hydroxylation sites is 1. The fourth-order valence-electron chi connectivity index (χ4n) is 2.78. The van der Waals surface area contributed by atoms with Crippen molar-refractivity contribution in [3.05, 3.63) is 72.6 Å². The number of rotatable bonds is 1. The smallest absolute Gasteiger partial charge is 0.205 e. The van der Waals surface area contributed by atoms with E-state index in [1.54, 1.807) is 0 Å². The molecule has 2 nitrogen and oxygen atoms in total. The molecule has 0 saturated carbocycles. The van der Waals surface area contributed by atoms with Crippen molar-refractivity contribution in [3.8, 4) is 23.6 Å². The molecule has 0 spiro atoms. The maximum absolute atomic E-state index is 5.53. The molecule has 3 aromatic carbocycles. The lowest BCUT2D eigenvalue weighted by atomic mass is 9.99. The van der Waals surface area contributed by atoms with E-state index in [0.29, 0.717) is 5.82 Å². The fourth-order valence-corrected chi connectivity index (χ4v) is 2.78. The van der Waals surface area contributed by atoms with Gasteiger partial charge in [0.1, 0.15) is 0 Å². The normalized spacial score (nSPS) is 10.7. The standard InChI is InChI=1S/C20H12N2/c1-2-19-21-18-13-6-5-11-17(18)20(22-19)16-12-7-9-14-8-3-4-10-15(14)16/h1,3-13H. The fraction of sp³-hybridized carbons (Fsp3) is 0. The van der Waals surface area contributed by atoms with Crippen LogP contribution in [0, 0.1) is 12.3 Å². The summed E-state index contributed by atoms with van der Waals surface area (Å²) in [5.41, 5.74) is 2.83. The summed E-state index contributed by atoms with van der Waals surface area (Å²) in [6.07, 6.45) is 5.53. The van der Waals surface area contributed by atoms with Crippen molar-refractivity contribution < 1.29 is 0 Å². The third kappa shape index (κ3) is 1.92. The molecule has 1 heterocycles. The molecule has 0 aliphatic carbocycles. The van der Waals surface area contributed by atoms with Crippen LogP contribution >= 0.6 is 0 Å². The van der Waals surface area contributed by atoms with Gasteiger partial charge in [0.05, 0.1) is 11.2 Å². The summed E-state index contributed by atoms with van der Waals surface area (Å²) in [7, 11) is 0. The molecule has 0 fully saturated rings. The number of hydrogen-bond donors (Lipinski definition) is 0. The summed E-state index contributed by atoms with van der Waals surface area (Å²) in [5.74, 6) is 2.97. The molecule has 102 valence electrons. The SMILES string of the molecule is C#Cc1nc(-c2cccc3ccccc23)c2ccccc2n1. The zero-order chi connectivity index (χ0) is 14.9. The van der Waals surface area contributed by atoms with E-state index >= 15 is 0 Å². The molecular weight excluding hydrogens is 268 g/mol. The van der Waals surface area contributed by atoms with Gasteiger partial charge < -0.3 is 0 Å². The molecule has 0 unspecified atom stereocenters. The van der Waals surface area contributed by atoms with Crippen LogP contribution in [0.5, 0.6) is 0 Å². The number of aromatic nitrogens is 2. The van der Waals surface area contributed by atoms with Gasteiger partial charge in [0.25, 0.3) is 0 Å². The first-order valence-corrected chi connectivity index (χ1v) is 7.08. The lowest BCUT2D eigenvalue weighted by Crippen LogP contribution is -1.95. The Bertz CT molecular complexity index is 1040. The minimum absolute atomic E-state index is 0.418. The zero-order valence-corrected chi connectivity index (χ0v) is 11.8. The van der Waals surface area contributed by atoms with E-state index in [1.165, 1.54) is 5.39 Å². The van der Waals surface area contributed by atoms with E-state index in [-0.39, 0.29) is 0 Å². The molecule has 4 aromatic rings. The highest BCUT2D eigenvalue weighted by atomic mass is 14.9. The van der Waals surface area contributed by atoms with E-state index in [4.69, 9.17) is 6.42 Å². The Kier molecular flexibility index (Phi) is 2.84. The lowest BCUT2D eigenvalue weighted by Gasteiger charge is -2.09. The van der Waals surface area contributed by atoms with Crippen molar-refractivity contribution in [2.45, 2.75) is 0 Å². The maximum Gasteiger partial charge on any atom is 0.205 e. The second kappa shape index (κ2) is 4.98. The molecule has 2 heteroatoms. The molecule has 0 saturated heterocycles. The van der Waals surface area contributed by atoms with Gasteiger partial charge in [0.2, 0.25) is 5.82 Å². The largest absolute Gasteiger partial charge is 0.221 e. The van der Waals surface area contributed by atoms with Crippen LogP contribution in [-0.2, 0) is 0 Å². The first-order valence-electron chi connectivity index (χ1n) is 7.08. The van der Waals surface area contributed by atoms with E-state index in [0.717, 1.165) is 27.5 Å². The average molecular weight is 280 g/mol. The first-order chi connectivity index (χ1) is 10.9.